The summed E-state index contributed by atoms with van der Waals surface area (Å²) in [6.45, 7) is 10.5. The van der Waals surface area contributed by atoms with Crippen LogP contribution in [0.2, 0.25) is 0 Å². The van der Waals surface area contributed by atoms with Gasteiger partial charge in [0.05, 0.1) is 37.0 Å². The Morgan fingerprint density at radius 3 is 1.31 bits per heavy atom. The molecule has 4 aromatic rings. The molecule has 4 rings (SSSR count). The van der Waals surface area contributed by atoms with Gasteiger partial charge in [0.15, 0.2) is 0 Å². The van der Waals surface area contributed by atoms with Gasteiger partial charge < -0.3 is 56.4 Å². The fourth-order valence-electron chi connectivity index (χ4n) is 6.42. The number of alkyl carbamates (subject to hydrolysis) is 2. The topological polar surface area (TPSA) is 304 Å². The van der Waals surface area contributed by atoms with E-state index in [4.69, 9.17) is 20.3 Å². The number of para-hydroxylation sites is 4. The van der Waals surface area contributed by atoms with Gasteiger partial charge in [-0.25, -0.2) is 24.0 Å². The Kier molecular flexibility index (Phi) is 29.0. The van der Waals surface area contributed by atoms with E-state index in [9.17, 15) is 38.4 Å². The van der Waals surface area contributed by atoms with Crippen LogP contribution in [0.25, 0.3) is 0 Å². The van der Waals surface area contributed by atoms with Crippen molar-refractivity contribution >= 4 is 106 Å². The number of benzene rings is 4. The van der Waals surface area contributed by atoms with Crippen molar-refractivity contribution in [3.05, 3.63) is 97.1 Å². The number of carboxylic acids is 1. The molecule has 77 heavy (non-hydrogen) atoms. The molecule has 0 aliphatic heterocycles. The molecule has 420 valence electrons. The monoisotopic (exact) mass is 1110 g/mol. The Morgan fingerprint density at radius 1 is 0.519 bits per heavy atom. The van der Waals surface area contributed by atoms with Gasteiger partial charge in [-0.1, -0.05) is 49.2 Å². The number of unbranched alkanes of at least 4 members (excludes halogenated alkanes) is 2. The summed E-state index contributed by atoms with van der Waals surface area (Å²) < 4.78 is 19.5. The number of amides is 7. The predicted octanol–water partition coefficient (Wildman–Crippen LogP) is 11.0. The van der Waals surface area contributed by atoms with Crippen LogP contribution in [0, 0.1) is 0 Å². The van der Waals surface area contributed by atoms with E-state index in [1.165, 1.54) is 12.0 Å². The highest BCUT2D eigenvalue weighted by Crippen LogP contribution is 2.25. The van der Waals surface area contributed by atoms with E-state index in [1.807, 2.05) is 55.0 Å². The zero-order valence-corrected chi connectivity index (χ0v) is 46.9. The van der Waals surface area contributed by atoms with E-state index in [0.717, 1.165) is 17.7 Å². The maximum Gasteiger partial charge on any atom is 0.412 e. The van der Waals surface area contributed by atoms with Gasteiger partial charge in [-0.15, -0.1) is 23.5 Å². The fourth-order valence-corrected chi connectivity index (χ4v) is 7.35. The zero-order valence-electron chi connectivity index (χ0n) is 45.3. The molecule has 0 fully saturated rings. The van der Waals surface area contributed by atoms with Crippen LogP contribution in [0.5, 0.6) is 0 Å². The van der Waals surface area contributed by atoms with Gasteiger partial charge in [0.2, 0.25) is 17.7 Å². The van der Waals surface area contributed by atoms with Crippen molar-refractivity contribution in [2.24, 2.45) is 0 Å². The van der Waals surface area contributed by atoms with Crippen molar-refractivity contribution in [1.29, 1.82) is 0 Å². The molecule has 4 aromatic carbocycles. The first-order chi connectivity index (χ1) is 36.3. The summed E-state index contributed by atoms with van der Waals surface area (Å²) in [6.07, 6.45) is 3.78. The predicted molar refractivity (Wildman–Crippen MR) is 303 cm³/mol. The standard InChI is InChI=1S/C27H36N4O6S.C20H29N3O7.C7H9NS/c1-27(2,3)37-26(35)30-21-14-7-6-13-20(21)29-23(32)16-9-8-15-22(31-25(34)36-4)24(33)28-18-11-10-12-19(17-18)38-5;1-20(2,3)30-19(28)22-14-10-6-5-9-13(14)21-16(24)12-8-7-11-15(17(25)26)23-18(27)29-4;1-9-7-4-2-3-6(8)5-7/h6-7,10-14,17,22H,8-9,15-16H2,1-5H3,(H,28,33)(H,29,32)(H,30,35)(H,31,34);5-6,9-10,15H,7-8,11-12H2,1-4H3,(H,21,24)(H,22,28)(H,23,27)(H,25,26);2-5H,8H2,1H3. The van der Waals surface area contributed by atoms with Gasteiger partial charge in [-0.05, 0) is 140 Å². The molecule has 0 saturated carbocycles. The maximum atomic E-state index is 12.8. The molecule has 10 N–H and O–H groups in total. The minimum absolute atomic E-state index is 0.144. The lowest BCUT2D eigenvalue weighted by molar-refractivity contribution is -0.139. The Labute approximate surface area is 459 Å². The maximum absolute atomic E-state index is 12.8. The summed E-state index contributed by atoms with van der Waals surface area (Å²) in [5.41, 5.74) is 7.35. The molecular weight excluding hydrogens is 1030 g/mol. The first kappa shape index (κ1) is 65.5. The van der Waals surface area contributed by atoms with Gasteiger partial charge in [-0.3, -0.25) is 25.0 Å². The molecule has 0 spiro atoms. The summed E-state index contributed by atoms with van der Waals surface area (Å²) in [6, 6.07) is 26.8. The van der Waals surface area contributed by atoms with Crippen LogP contribution >= 0.6 is 23.5 Å². The number of methoxy groups -OCH3 is 2. The highest BCUT2D eigenvalue weighted by Gasteiger charge is 2.23. The normalized spacial score (nSPS) is 11.4. The van der Waals surface area contributed by atoms with Gasteiger partial charge in [-0.2, -0.15) is 0 Å². The molecule has 7 amide bonds. The number of anilines is 6. The van der Waals surface area contributed by atoms with Crippen molar-refractivity contribution in [3.8, 4) is 0 Å². The Bertz CT molecular complexity index is 2570. The molecule has 0 bridgehead atoms. The zero-order chi connectivity index (χ0) is 57.6. The van der Waals surface area contributed by atoms with Crippen LogP contribution in [0.15, 0.2) is 107 Å². The summed E-state index contributed by atoms with van der Waals surface area (Å²) in [5.74, 6) is -2.09. The molecule has 0 heterocycles. The van der Waals surface area contributed by atoms with E-state index in [1.54, 1.807) is 120 Å². The molecule has 0 aliphatic carbocycles. The summed E-state index contributed by atoms with van der Waals surface area (Å²) >= 11 is 3.26. The highest BCUT2D eigenvalue weighted by molar-refractivity contribution is 7.98. The van der Waals surface area contributed by atoms with Crippen LogP contribution in [0.3, 0.4) is 0 Å². The van der Waals surface area contributed by atoms with E-state index < -0.39 is 53.6 Å². The minimum Gasteiger partial charge on any atom is -0.480 e. The number of carboxylic acid groups (broad SMARTS) is 1. The van der Waals surface area contributed by atoms with E-state index in [2.05, 4.69) is 46.7 Å². The van der Waals surface area contributed by atoms with Crippen LogP contribution in [-0.4, -0.2) is 103 Å². The second kappa shape index (κ2) is 34.1. The molecule has 2 unspecified atom stereocenters. The number of rotatable bonds is 21. The van der Waals surface area contributed by atoms with Crippen molar-refractivity contribution in [2.75, 3.05) is 59.0 Å². The molecule has 0 radical (unpaired) electrons. The number of nitrogens with one attached hydrogen (secondary N) is 7. The fraction of sp³-hybridized carbons (Fsp3) is 0.407. The van der Waals surface area contributed by atoms with Crippen LogP contribution in [0.1, 0.15) is 92.9 Å². The minimum atomic E-state index is -1.17. The number of carbonyl (C=O) groups is 8. The number of aliphatic carboxylic acids is 1. The molecule has 0 saturated heterocycles. The van der Waals surface area contributed by atoms with Gasteiger partial charge >= 0.3 is 30.3 Å². The number of hydrogen-bond donors (Lipinski definition) is 9. The molecule has 0 aliphatic rings. The van der Waals surface area contributed by atoms with Crippen LogP contribution in [-0.2, 0) is 38.1 Å². The Balaban J connectivity index is 0.000000460. The SMILES string of the molecule is COC(=O)NC(CCCCC(=O)Nc1ccccc1NC(=O)OC(C)(C)C)C(=O)Nc1cccc(SC)c1.COC(=O)NC(CCCCC(=O)Nc1ccccc1NC(=O)OC(C)(C)C)C(=O)O.CSc1cccc(N)c1. The molecular formula is C54H74N8O13S2. The summed E-state index contributed by atoms with van der Waals surface area (Å²) in [5, 5.41) is 27.4. The molecule has 21 nitrogen and oxygen atoms in total. The average Bonchev–Trinajstić information content (AvgIpc) is 3.36. The van der Waals surface area contributed by atoms with E-state index >= 15 is 0 Å². The number of hydrogen-bond acceptors (Lipinski definition) is 15. The largest absolute Gasteiger partial charge is 0.480 e. The summed E-state index contributed by atoms with van der Waals surface area (Å²) in [7, 11) is 2.38. The van der Waals surface area contributed by atoms with Crippen molar-refractivity contribution < 1.29 is 62.4 Å². The van der Waals surface area contributed by atoms with Crippen LogP contribution < -0.4 is 43.0 Å². The third-order valence-corrected chi connectivity index (χ3v) is 11.4. The number of ether oxygens (including phenoxy) is 4. The van der Waals surface area contributed by atoms with Gasteiger partial charge in [0, 0.05) is 34.0 Å². The molecule has 0 aromatic heterocycles. The van der Waals surface area contributed by atoms with Crippen molar-refractivity contribution in [3.63, 3.8) is 0 Å². The Morgan fingerprint density at radius 2 is 0.922 bits per heavy atom. The van der Waals surface area contributed by atoms with Gasteiger partial charge in [0.1, 0.15) is 23.3 Å². The third-order valence-electron chi connectivity index (χ3n) is 9.97. The number of thioether (sulfide) groups is 2. The summed E-state index contributed by atoms with van der Waals surface area (Å²) in [4.78, 5) is 98.0. The van der Waals surface area contributed by atoms with Crippen molar-refractivity contribution in [1.82, 2.24) is 10.6 Å². The lowest BCUT2D eigenvalue weighted by Gasteiger charge is -2.20. The quantitative estimate of drug-likeness (QED) is 0.0162. The number of nitrogen functional groups attached to an aromatic ring is 1. The average molecular weight is 1110 g/mol. The van der Waals surface area contributed by atoms with E-state index in [-0.39, 0.29) is 37.0 Å². The third kappa shape index (κ3) is 28.7. The number of carbonyl (C=O) groups excluding carboxylic acids is 7. The van der Waals surface area contributed by atoms with Crippen molar-refractivity contribution in [2.45, 2.75) is 126 Å². The first-order valence-electron chi connectivity index (χ1n) is 24.4. The second-order valence-corrected chi connectivity index (χ2v) is 20.4. The molecule has 2 atom stereocenters. The smallest absolute Gasteiger partial charge is 0.412 e. The highest BCUT2D eigenvalue weighted by atomic mass is 32.2. The van der Waals surface area contributed by atoms with Gasteiger partial charge in [0.25, 0.3) is 0 Å². The Hall–Kier alpha value is -7.66. The lowest BCUT2D eigenvalue weighted by atomic mass is 10.1. The molecule has 23 heteroatoms. The lowest BCUT2D eigenvalue weighted by Crippen LogP contribution is -2.43. The van der Waals surface area contributed by atoms with Crippen LogP contribution in [0.4, 0.5) is 53.3 Å². The second-order valence-electron chi connectivity index (χ2n) is 18.6. The van der Waals surface area contributed by atoms with E-state index in [0.29, 0.717) is 60.5 Å². The number of nitrogens with two attached hydrogens (primary N) is 1. The first-order valence-corrected chi connectivity index (χ1v) is 26.8.